The number of nitrogens with one attached hydrogen (secondary N) is 1. The molecule has 0 saturated heterocycles. The number of rotatable bonds is 4. The molecule has 0 fully saturated rings. The van der Waals surface area contributed by atoms with Gasteiger partial charge in [-0.1, -0.05) is 29.3 Å². The van der Waals surface area contributed by atoms with Crippen LogP contribution in [0.15, 0.2) is 36.5 Å². The van der Waals surface area contributed by atoms with E-state index in [1.165, 1.54) is 0 Å². The first-order valence-corrected chi connectivity index (χ1v) is 7.42. The Hall–Kier alpha value is -1.29. The highest BCUT2D eigenvalue weighted by Crippen LogP contribution is 2.28. The Labute approximate surface area is 135 Å². The standard InChI is InChI=1S/C16H18Cl2N2O/c1-16(2,3)20-10-11-4-7-15(19-9-11)21-12-5-6-13(17)14(18)8-12/h4-9,20H,10H2,1-3H3. The Morgan fingerprint density at radius 2 is 1.86 bits per heavy atom. The molecule has 0 spiro atoms. The molecule has 3 nitrogen and oxygen atoms in total. The molecular weight excluding hydrogens is 307 g/mol. The van der Waals surface area contributed by atoms with Crippen molar-refractivity contribution in [2.24, 2.45) is 0 Å². The van der Waals surface area contributed by atoms with Crippen LogP contribution in [0.2, 0.25) is 10.0 Å². The zero-order chi connectivity index (χ0) is 15.5. The average molecular weight is 325 g/mol. The Balaban J connectivity index is 2.00. The maximum absolute atomic E-state index is 5.95. The molecule has 0 bridgehead atoms. The van der Waals surface area contributed by atoms with Crippen LogP contribution in [0.5, 0.6) is 11.6 Å². The van der Waals surface area contributed by atoms with Gasteiger partial charge < -0.3 is 10.1 Å². The van der Waals surface area contributed by atoms with Crippen LogP contribution in [0.3, 0.4) is 0 Å². The van der Waals surface area contributed by atoms with Crippen molar-refractivity contribution in [1.82, 2.24) is 10.3 Å². The van der Waals surface area contributed by atoms with E-state index in [0.29, 0.717) is 21.7 Å². The van der Waals surface area contributed by atoms with Crippen molar-refractivity contribution in [2.45, 2.75) is 32.9 Å². The highest BCUT2D eigenvalue weighted by Gasteiger charge is 2.08. The summed E-state index contributed by atoms with van der Waals surface area (Å²) in [5, 5.41) is 4.37. The first kappa shape index (κ1) is 16.1. The lowest BCUT2D eigenvalue weighted by atomic mass is 10.1. The van der Waals surface area contributed by atoms with E-state index in [4.69, 9.17) is 27.9 Å². The molecule has 0 aliphatic rings. The molecule has 1 heterocycles. The van der Waals surface area contributed by atoms with Crippen LogP contribution in [0, 0.1) is 0 Å². The highest BCUT2D eigenvalue weighted by atomic mass is 35.5. The Morgan fingerprint density at radius 1 is 1.10 bits per heavy atom. The van der Waals surface area contributed by atoms with Crippen molar-refractivity contribution < 1.29 is 4.74 Å². The lowest BCUT2D eigenvalue weighted by molar-refractivity contribution is 0.423. The Bertz CT molecular complexity index is 607. The van der Waals surface area contributed by atoms with Crippen molar-refractivity contribution in [3.8, 4) is 11.6 Å². The molecule has 5 heteroatoms. The number of hydrogen-bond donors (Lipinski definition) is 1. The summed E-state index contributed by atoms with van der Waals surface area (Å²) in [5.74, 6) is 1.13. The fraction of sp³-hybridized carbons (Fsp3) is 0.312. The van der Waals surface area contributed by atoms with Crippen molar-refractivity contribution >= 4 is 23.2 Å². The van der Waals surface area contributed by atoms with Gasteiger partial charge in [-0.05, 0) is 38.5 Å². The second kappa shape index (κ2) is 6.65. The average Bonchev–Trinajstić information content (AvgIpc) is 2.41. The molecule has 0 radical (unpaired) electrons. The summed E-state index contributed by atoms with van der Waals surface area (Å²) in [6.45, 7) is 7.15. The molecule has 0 aliphatic carbocycles. The van der Waals surface area contributed by atoms with Crippen molar-refractivity contribution in [3.05, 3.63) is 52.1 Å². The molecule has 0 amide bonds. The number of pyridine rings is 1. The molecule has 1 aromatic heterocycles. The third kappa shape index (κ3) is 5.20. The lowest BCUT2D eigenvalue weighted by Gasteiger charge is -2.20. The van der Waals surface area contributed by atoms with Gasteiger partial charge in [-0.15, -0.1) is 0 Å². The first-order chi connectivity index (χ1) is 9.83. The lowest BCUT2D eigenvalue weighted by Crippen LogP contribution is -2.35. The number of nitrogens with zero attached hydrogens (tertiary/aromatic N) is 1. The van der Waals surface area contributed by atoms with Gasteiger partial charge in [0.25, 0.3) is 0 Å². The van der Waals surface area contributed by atoms with E-state index in [9.17, 15) is 0 Å². The van der Waals surface area contributed by atoms with Crippen LogP contribution in [0.4, 0.5) is 0 Å². The van der Waals surface area contributed by atoms with E-state index in [1.54, 1.807) is 24.4 Å². The molecule has 1 aromatic carbocycles. The molecule has 0 saturated carbocycles. The van der Waals surface area contributed by atoms with E-state index < -0.39 is 0 Å². The van der Waals surface area contributed by atoms with Crippen LogP contribution in [-0.4, -0.2) is 10.5 Å². The Kier molecular flexibility index (Phi) is 5.09. The molecule has 112 valence electrons. The number of ether oxygens (including phenoxy) is 1. The Morgan fingerprint density at radius 3 is 2.43 bits per heavy atom. The quantitative estimate of drug-likeness (QED) is 0.852. The normalized spacial score (nSPS) is 11.5. The summed E-state index contributed by atoms with van der Waals surface area (Å²) < 4.78 is 5.64. The van der Waals surface area contributed by atoms with E-state index in [1.807, 2.05) is 12.1 Å². The second-order valence-corrected chi connectivity index (χ2v) is 6.60. The van der Waals surface area contributed by atoms with Crippen LogP contribution >= 0.6 is 23.2 Å². The zero-order valence-electron chi connectivity index (χ0n) is 12.3. The second-order valence-electron chi connectivity index (χ2n) is 5.79. The minimum absolute atomic E-state index is 0.0786. The fourth-order valence-electron chi connectivity index (χ4n) is 1.60. The third-order valence-electron chi connectivity index (χ3n) is 2.73. The molecule has 0 atom stereocenters. The molecule has 2 aromatic rings. The predicted molar refractivity (Wildman–Crippen MR) is 87.4 cm³/mol. The predicted octanol–water partition coefficient (Wildman–Crippen LogP) is 5.07. The number of hydrogen-bond acceptors (Lipinski definition) is 3. The summed E-state index contributed by atoms with van der Waals surface area (Å²) in [6, 6.07) is 8.94. The first-order valence-electron chi connectivity index (χ1n) is 6.66. The van der Waals surface area contributed by atoms with Gasteiger partial charge in [0, 0.05) is 30.4 Å². The van der Waals surface area contributed by atoms with Gasteiger partial charge in [-0.3, -0.25) is 0 Å². The molecule has 0 aliphatic heterocycles. The SMILES string of the molecule is CC(C)(C)NCc1ccc(Oc2ccc(Cl)c(Cl)c2)nc1. The maximum Gasteiger partial charge on any atom is 0.219 e. The number of halogens is 2. The van der Waals surface area contributed by atoms with Gasteiger partial charge in [0.1, 0.15) is 5.75 Å². The summed E-state index contributed by atoms with van der Waals surface area (Å²) in [7, 11) is 0. The molecular formula is C16H18Cl2N2O. The molecule has 0 unspecified atom stereocenters. The maximum atomic E-state index is 5.95. The van der Waals surface area contributed by atoms with E-state index in [0.717, 1.165) is 12.1 Å². The topological polar surface area (TPSA) is 34.1 Å². The van der Waals surface area contributed by atoms with Crippen molar-refractivity contribution in [2.75, 3.05) is 0 Å². The minimum Gasteiger partial charge on any atom is -0.439 e. The van der Waals surface area contributed by atoms with Crippen molar-refractivity contribution in [3.63, 3.8) is 0 Å². The zero-order valence-corrected chi connectivity index (χ0v) is 13.8. The van der Waals surface area contributed by atoms with Crippen LogP contribution in [-0.2, 0) is 6.54 Å². The van der Waals surface area contributed by atoms with Crippen LogP contribution < -0.4 is 10.1 Å². The van der Waals surface area contributed by atoms with Crippen LogP contribution in [0.1, 0.15) is 26.3 Å². The summed E-state index contributed by atoms with van der Waals surface area (Å²) in [6.07, 6.45) is 1.80. The van der Waals surface area contributed by atoms with E-state index in [2.05, 4.69) is 31.1 Å². The van der Waals surface area contributed by atoms with Gasteiger partial charge in [0.2, 0.25) is 5.88 Å². The number of benzene rings is 1. The molecule has 1 N–H and O–H groups in total. The monoisotopic (exact) mass is 324 g/mol. The van der Waals surface area contributed by atoms with E-state index in [-0.39, 0.29) is 5.54 Å². The minimum atomic E-state index is 0.0786. The highest BCUT2D eigenvalue weighted by molar-refractivity contribution is 6.42. The largest absolute Gasteiger partial charge is 0.439 e. The smallest absolute Gasteiger partial charge is 0.219 e. The van der Waals surface area contributed by atoms with Gasteiger partial charge in [0.15, 0.2) is 0 Å². The molecule has 21 heavy (non-hydrogen) atoms. The fourth-order valence-corrected chi connectivity index (χ4v) is 1.89. The van der Waals surface area contributed by atoms with Gasteiger partial charge in [0.05, 0.1) is 10.0 Å². The summed E-state index contributed by atoms with van der Waals surface area (Å²) >= 11 is 11.8. The van der Waals surface area contributed by atoms with E-state index >= 15 is 0 Å². The van der Waals surface area contributed by atoms with Crippen LogP contribution in [0.25, 0.3) is 0 Å². The third-order valence-corrected chi connectivity index (χ3v) is 3.47. The summed E-state index contributed by atoms with van der Waals surface area (Å²) in [5.41, 5.74) is 1.18. The van der Waals surface area contributed by atoms with Gasteiger partial charge >= 0.3 is 0 Å². The van der Waals surface area contributed by atoms with Gasteiger partial charge in [-0.2, -0.15) is 0 Å². The van der Waals surface area contributed by atoms with Gasteiger partial charge in [-0.25, -0.2) is 4.98 Å². The molecule has 2 rings (SSSR count). The number of aromatic nitrogens is 1. The van der Waals surface area contributed by atoms with Crippen molar-refractivity contribution in [1.29, 1.82) is 0 Å². The summed E-state index contributed by atoms with van der Waals surface area (Å²) in [4.78, 5) is 4.29.